The maximum Gasteiger partial charge on any atom is 0.0917 e. The lowest BCUT2D eigenvalue weighted by atomic mass is 9.99. The maximum absolute atomic E-state index is 10.3. The summed E-state index contributed by atoms with van der Waals surface area (Å²) >= 11 is 0. The molecule has 1 aliphatic heterocycles. The van der Waals surface area contributed by atoms with E-state index in [9.17, 15) is 5.11 Å². The van der Waals surface area contributed by atoms with E-state index in [0.717, 1.165) is 25.1 Å². The molecule has 0 fully saturated rings. The molecule has 1 aliphatic rings. The van der Waals surface area contributed by atoms with Crippen molar-refractivity contribution in [2.45, 2.75) is 12.5 Å². The SMILES string of the molecule is O[C@H](CN1CC=C(c2ccccc2)CC1)c1ccccc1. The van der Waals surface area contributed by atoms with E-state index in [-0.39, 0.29) is 0 Å². The molecule has 2 aromatic rings. The number of β-amino-alcohol motifs (C(OH)–C–C–N with tert-alkyl or cyclic N) is 1. The van der Waals surface area contributed by atoms with Gasteiger partial charge in [0.15, 0.2) is 0 Å². The first-order chi connectivity index (χ1) is 10.3. The minimum absolute atomic E-state index is 0.405. The molecule has 0 radical (unpaired) electrons. The van der Waals surface area contributed by atoms with E-state index in [1.54, 1.807) is 0 Å². The molecule has 0 spiro atoms. The lowest BCUT2D eigenvalue weighted by molar-refractivity contribution is 0.119. The predicted octanol–water partition coefficient (Wildman–Crippen LogP) is 3.51. The summed E-state index contributed by atoms with van der Waals surface area (Å²) in [6.07, 6.45) is 2.93. The Bertz CT molecular complexity index is 591. The van der Waals surface area contributed by atoms with E-state index in [2.05, 4.69) is 41.3 Å². The molecule has 0 amide bonds. The first-order valence-corrected chi connectivity index (χ1v) is 7.53. The van der Waals surface area contributed by atoms with Crippen LogP contribution < -0.4 is 0 Å². The summed E-state index contributed by atoms with van der Waals surface area (Å²) in [4.78, 5) is 2.31. The molecule has 108 valence electrons. The van der Waals surface area contributed by atoms with Crippen molar-refractivity contribution in [1.82, 2.24) is 4.90 Å². The smallest absolute Gasteiger partial charge is 0.0917 e. The summed E-state index contributed by atoms with van der Waals surface area (Å²) in [5.74, 6) is 0. The van der Waals surface area contributed by atoms with Gasteiger partial charge in [-0.2, -0.15) is 0 Å². The first kappa shape index (κ1) is 14.1. The van der Waals surface area contributed by atoms with Gasteiger partial charge < -0.3 is 5.11 Å². The zero-order chi connectivity index (χ0) is 14.5. The zero-order valence-corrected chi connectivity index (χ0v) is 12.2. The number of nitrogens with zero attached hydrogens (tertiary/aromatic N) is 1. The molecule has 0 saturated carbocycles. The van der Waals surface area contributed by atoms with Gasteiger partial charge in [0.2, 0.25) is 0 Å². The highest BCUT2D eigenvalue weighted by atomic mass is 16.3. The van der Waals surface area contributed by atoms with Crippen LogP contribution in [-0.2, 0) is 0 Å². The molecule has 2 heteroatoms. The molecular formula is C19H21NO. The van der Waals surface area contributed by atoms with Crippen molar-refractivity contribution in [2.24, 2.45) is 0 Å². The molecule has 1 heterocycles. The summed E-state index contributed by atoms with van der Waals surface area (Å²) in [6, 6.07) is 20.5. The van der Waals surface area contributed by atoms with Crippen LogP contribution in [0.15, 0.2) is 66.7 Å². The molecule has 1 atom stereocenters. The van der Waals surface area contributed by atoms with Crippen molar-refractivity contribution < 1.29 is 5.11 Å². The third-order valence-electron chi connectivity index (χ3n) is 4.05. The molecule has 0 aliphatic carbocycles. The van der Waals surface area contributed by atoms with Gasteiger partial charge in [-0.1, -0.05) is 66.7 Å². The first-order valence-electron chi connectivity index (χ1n) is 7.53. The van der Waals surface area contributed by atoms with Gasteiger partial charge in [-0.15, -0.1) is 0 Å². The average Bonchev–Trinajstić information content (AvgIpc) is 2.57. The van der Waals surface area contributed by atoms with E-state index in [1.807, 2.05) is 30.3 Å². The molecule has 0 bridgehead atoms. The van der Waals surface area contributed by atoms with Gasteiger partial charge in [0.1, 0.15) is 0 Å². The average molecular weight is 279 g/mol. The molecule has 0 unspecified atom stereocenters. The number of aliphatic hydroxyl groups is 1. The number of hydrogen-bond acceptors (Lipinski definition) is 2. The molecular weight excluding hydrogens is 258 g/mol. The molecule has 21 heavy (non-hydrogen) atoms. The quantitative estimate of drug-likeness (QED) is 0.926. The predicted molar refractivity (Wildman–Crippen MR) is 86.9 cm³/mol. The van der Waals surface area contributed by atoms with Crippen molar-refractivity contribution in [1.29, 1.82) is 0 Å². The third-order valence-corrected chi connectivity index (χ3v) is 4.05. The van der Waals surface area contributed by atoms with Crippen LogP contribution in [0, 0.1) is 0 Å². The standard InChI is InChI=1S/C19H21NO/c21-19(18-9-5-2-6-10-18)15-20-13-11-17(12-14-20)16-7-3-1-4-8-16/h1-11,19,21H,12-15H2/t19-/m1/s1. The zero-order valence-electron chi connectivity index (χ0n) is 12.2. The van der Waals surface area contributed by atoms with Crippen molar-refractivity contribution >= 4 is 5.57 Å². The Labute approximate surface area is 126 Å². The highest BCUT2D eigenvalue weighted by molar-refractivity contribution is 5.66. The molecule has 1 N–H and O–H groups in total. The number of hydrogen-bond donors (Lipinski definition) is 1. The minimum Gasteiger partial charge on any atom is -0.387 e. The van der Waals surface area contributed by atoms with E-state index < -0.39 is 6.10 Å². The Kier molecular flexibility index (Phi) is 4.49. The number of aliphatic hydroxyl groups excluding tert-OH is 1. The molecule has 2 nitrogen and oxygen atoms in total. The largest absolute Gasteiger partial charge is 0.387 e. The van der Waals surface area contributed by atoms with Crippen LogP contribution >= 0.6 is 0 Å². The monoisotopic (exact) mass is 279 g/mol. The van der Waals surface area contributed by atoms with Gasteiger partial charge in [0, 0.05) is 19.6 Å². The van der Waals surface area contributed by atoms with Crippen molar-refractivity contribution in [3.05, 3.63) is 77.9 Å². The summed E-state index contributed by atoms with van der Waals surface area (Å²) in [6.45, 7) is 2.61. The number of rotatable bonds is 4. The van der Waals surface area contributed by atoms with Crippen LogP contribution in [0.5, 0.6) is 0 Å². The third kappa shape index (κ3) is 3.60. The normalized spacial score (nSPS) is 17.3. The lowest BCUT2D eigenvalue weighted by Crippen LogP contribution is -2.32. The van der Waals surface area contributed by atoms with Crippen molar-refractivity contribution in [3.8, 4) is 0 Å². The minimum atomic E-state index is -0.405. The summed E-state index contributed by atoms with van der Waals surface area (Å²) < 4.78 is 0. The van der Waals surface area contributed by atoms with Gasteiger partial charge in [-0.3, -0.25) is 4.90 Å². The summed E-state index contributed by atoms with van der Waals surface area (Å²) in [5.41, 5.74) is 3.73. The van der Waals surface area contributed by atoms with Gasteiger partial charge >= 0.3 is 0 Å². The Morgan fingerprint density at radius 2 is 1.62 bits per heavy atom. The van der Waals surface area contributed by atoms with Crippen LogP contribution in [0.1, 0.15) is 23.7 Å². The Hall–Kier alpha value is -1.90. The van der Waals surface area contributed by atoms with Crippen LogP contribution in [-0.4, -0.2) is 29.6 Å². The molecule has 2 aromatic carbocycles. The maximum atomic E-state index is 10.3. The summed E-state index contributed by atoms with van der Waals surface area (Å²) in [7, 11) is 0. The van der Waals surface area contributed by atoms with Gasteiger partial charge in [-0.25, -0.2) is 0 Å². The fourth-order valence-corrected chi connectivity index (χ4v) is 2.82. The molecule has 0 saturated heterocycles. The van der Waals surface area contributed by atoms with Gasteiger partial charge in [0.05, 0.1) is 6.10 Å². The Morgan fingerprint density at radius 3 is 2.24 bits per heavy atom. The molecule has 0 aromatic heterocycles. The van der Waals surface area contributed by atoms with Crippen LogP contribution in [0.4, 0.5) is 0 Å². The lowest BCUT2D eigenvalue weighted by Gasteiger charge is -2.28. The topological polar surface area (TPSA) is 23.5 Å². The van der Waals surface area contributed by atoms with Crippen LogP contribution in [0.3, 0.4) is 0 Å². The molecule has 3 rings (SSSR count). The summed E-state index contributed by atoms with van der Waals surface area (Å²) in [5, 5.41) is 10.3. The van der Waals surface area contributed by atoms with Crippen molar-refractivity contribution in [2.75, 3.05) is 19.6 Å². The van der Waals surface area contributed by atoms with E-state index in [4.69, 9.17) is 0 Å². The van der Waals surface area contributed by atoms with Gasteiger partial charge in [0.25, 0.3) is 0 Å². The fraction of sp³-hybridized carbons (Fsp3) is 0.263. The van der Waals surface area contributed by atoms with Crippen LogP contribution in [0.25, 0.3) is 5.57 Å². The second kappa shape index (κ2) is 6.70. The second-order valence-electron chi connectivity index (χ2n) is 5.53. The van der Waals surface area contributed by atoms with Gasteiger partial charge in [-0.05, 0) is 23.1 Å². The fourth-order valence-electron chi connectivity index (χ4n) is 2.82. The van der Waals surface area contributed by atoms with Crippen molar-refractivity contribution in [3.63, 3.8) is 0 Å². The Morgan fingerprint density at radius 1 is 0.952 bits per heavy atom. The highest BCUT2D eigenvalue weighted by Gasteiger charge is 2.16. The van der Waals surface area contributed by atoms with E-state index in [0.29, 0.717) is 6.54 Å². The second-order valence-corrected chi connectivity index (χ2v) is 5.53. The van der Waals surface area contributed by atoms with E-state index >= 15 is 0 Å². The number of benzene rings is 2. The Balaban J connectivity index is 1.60. The van der Waals surface area contributed by atoms with E-state index in [1.165, 1.54) is 11.1 Å². The van der Waals surface area contributed by atoms with Crippen LogP contribution in [0.2, 0.25) is 0 Å². The highest BCUT2D eigenvalue weighted by Crippen LogP contribution is 2.23.